The van der Waals surface area contributed by atoms with E-state index in [4.69, 9.17) is 0 Å². The highest BCUT2D eigenvalue weighted by Gasteiger charge is 2.29. The number of benzene rings is 1. The quantitative estimate of drug-likeness (QED) is 0.766. The topological polar surface area (TPSA) is 58.0 Å². The van der Waals surface area contributed by atoms with Crippen LogP contribution in [0.15, 0.2) is 18.2 Å². The minimum absolute atomic E-state index is 0.362. The van der Waals surface area contributed by atoms with Crippen molar-refractivity contribution in [3.63, 3.8) is 0 Å². The van der Waals surface area contributed by atoms with Crippen LogP contribution in [0.3, 0.4) is 0 Å². The van der Waals surface area contributed by atoms with Crippen molar-refractivity contribution in [3.05, 3.63) is 33.3 Å². The lowest BCUT2D eigenvalue weighted by Crippen LogP contribution is -2.07. The standard InChI is InChI=1S/C15H15FIN3O/c1-2-18-15-12(17)13(8-3-4-8)19-14(20-15)9-5-6-11(21)10(16)7-9/h5-8,21H,2-4H2,1H3,(H,18,19,20). The Morgan fingerprint density at radius 1 is 1.38 bits per heavy atom. The van der Waals surface area contributed by atoms with Crippen LogP contribution < -0.4 is 5.32 Å². The number of anilines is 1. The highest BCUT2D eigenvalue weighted by Crippen LogP contribution is 2.43. The number of nitrogens with zero attached hydrogens (tertiary/aromatic N) is 2. The molecule has 1 fully saturated rings. The average molecular weight is 399 g/mol. The van der Waals surface area contributed by atoms with E-state index in [1.54, 1.807) is 6.07 Å². The normalized spacial score (nSPS) is 14.2. The lowest BCUT2D eigenvalue weighted by Gasteiger charge is -2.12. The van der Waals surface area contributed by atoms with Gasteiger partial charge in [-0.2, -0.15) is 0 Å². The first kappa shape index (κ1) is 14.5. The van der Waals surface area contributed by atoms with Crippen LogP contribution in [-0.2, 0) is 0 Å². The van der Waals surface area contributed by atoms with Gasteiger partial charge in [0.25, 0.3) is 0 Å². The van der Waals surface area contributed by atoms with Crippen LogP contribution in [-0.4, -0.2) is 21.6 Å². The molecule has 110 valence electrons. The Kier molecular flexibility index (Phi) is 3.97. The maximum Gasteiger partial charge on any atom is 0.165 e. The zero-order valence-electron chi connectivity index (χ0n) is 11.5. The molecule has 0 aliphatic heterocycles. The molecule has 2 N–H and O–H groups in total. The number of phenolic OH excluding ortho intramolecular Hbond substituents is 1. The summed E-state index contributed by atoms with van der Waals surface area (Å²) in [5, 5.41) is 12.5. The van der Waals surface area contributed by atoms with Crippen molar-refractivity contribution < 1.29 is 9.50 Å². The molecule has 0 saturated heterocycles. The number of hydrogen-bond donors (Lipinski definition) is 2. The predicted octanol–water partition coefficient (Wildman–Crippen LogP) is 3.90. The van der Waals surface area contributed by atoms with Crippen LogP contribution in [0.4, 0.5) is 10.2 Å². The molecule has 1 saturated carbocycles. The van der Waals surface area contributed by atoms with E-state index in [0.717, 1.165) is 34.5 Å². The molecule has 0 radical (unpaired) electrons. The minimum Gasteiger partial charge on any atom is -0.505 e. The van der Waals surface area contributed by atoms with Crippen LogP contribution >= 0.6 is 22.6 Å². The second kappa shape index (κ2) is 5.75. The Bertz CT molecular complexity index is 689. The smallest absolute Gasteiger partial charge is 0.165 e. The molecule has 1 aliphatic carbocycles. The maximum absolute atomic E-state index is 13.5. The van der Waals surface area contributed by atoms with Gasteiger partial charge in [0, 0.05) is 18.0 Å². The van der Waals surface area contributed by atoms with E-state index in [-0.39, 0.29) is 5.75 Å². The van der Waals surface area contributed by atoms with Crippen molar-refractivity contribution >= 4 is 28.4 Å². The van der Waals surface area contributed by atoms with Crippen molar-refractivity contribution in [1.82, 2.24) is 9.97 Å². The molecule has 0 amide bonds. The van der Waals surface area contributed by atoms with E-state index in [1.807, 2.05) is 6.92 Å². The van der Waals surface area contributed by atoms with Gasteiger partial charge in [-0.15, -0.1) is 0 Å². The minimum atomic E-state index is -0.660. The van der Waals surface area contributed by atoms with Crippen LogP contribution in [0.2, 0.25) is 0 Å². The van der Waals surface area contributed by atoms with Gasteiger partial charge in [-0.25, -0.2) is 14.4 Å². The Morgan fingerprint density at radius 2 is 2.14 bits per heavy atom. The fraction of sp³-hybridized carbons (Fsp3) is 0.333. The Balaban J connectivity index is 2.10. The van der Waals surface area contributed by atoms with E-state index < -0.39 is 5.82 Å². The van der Waals surface area contributed by atoms with Gasteiger partial charge in [-0.1, -0.05) is 0 Å². The van der Waals surface area contributed by atoms with Gasteiger partial charge >= 0.3 is 0 Å². The number of aromatic nitrogens is 2. The zero-order chi connectivity index (χ0) is 15.0. The molecule has 0 bridgehead atoms. The summed E-state index contributed by atoms with van der Waals surface area (Å²) < 4.78 is 14.6. The monoisotopic (exact) mass is 399 g/mol. The lowest BCUT2D eigenvalue weighted by atomic mass is 10.2. The molecular formula is C15H15FIN3O. The molecule has 0 atom stereocenters. The Labute approximate surface area is 136 Å². The van der Waals surface area contributed by atoms with Gasteiger partial charge in [0.15, 0.2) is 17.4 Å². The molecule has 3 rings (SSSR count). The van der Waals surface area contributed by atoms with Crippen molar-refractivity contribution in [3.8, 4) is 17.1 Å². The average Bonchev–Trinajstić information content (AvgIpc) is 3.29. The summed E-state index contributed by atoms with van der Waals surface area (Å²) in [5.41, 5.74) is 1.60. The number of nitrogens with one attached hydrogen (secondary N) is 1. The van der Waals surface area contributed by atoms with E-state index in [9.17, 15) is 9.50 Å². The van der Waals surface area contributed by atoms with Crippen molar-refractivity contribution in [2.45, 2.75) is 25.7 Å². The zero-order valence-corrected chi connectivity index (χ0v) is 13.7. The van der Waals surface area contributed by atoms with E-state index >= 15 is 0 Å². The summed E-state index contributed by atoms with van der Waals surface area (Å²) in [6, 6.07) is 4.23. The third kappa shape index (κ3) is 2.95. The first-order valence-corrected chi connectivity index (χ1v) is 7.98. The third-order valence-electron chi connectivity index (χ3n) is 3.39. The van der Waals surface area contributed by atoms with Crippen molar-refractivity contribution in [2.24, 2.45) is 0 Å². The highest BCUT2D eigenvalue weighted by atomic mass is 127. The van der Waals surface area contributed by atoms with Gasteiger partial charge < -0.3 is 10.4 Å². The molecule has 21 heavy (non-hydrogen) atoms. The SMILES string of the molecule is CCNc1nc(-c2ccc(O)c(F)c2)nc(C2CC2)c1I. The van der Waals surface area contributed by atoms with Crippen LogP contribution in [0.5, 0.6) is 5.75 Å². The largest absolute Gasteiger partial charge is 0.505 e. The number of halogens is 2. The molecule has 6 heteroatoms. The van der Waals surface area contributed by atoms with Gasteiger partial charge in [0.05, 0.1) is 9.26 Å². The predicted molar refractivity (Wildman–Crippen MR) is 87.9 cm³/mol. The third-order valence-corrected chi connectivity index (χ3v) is 4.45. The molecule has 1 aliphatic rings. The second-order valence-electron chi connectivity index (χ2n) is 5.07. The molecule has 2 aromatic rings. The first-order valence-electron chi connectivity index (χ1n) is 6.90. The number of aromatic hydroxyl groups is 1. The van der Waals surface area contributed by atoms with E-state index in [2.05, 4.69) is 37.9 Å². The molecule has 4 nitrogen and oxygen atoms in total. The summed E-state index contributed by atoms with van der Waals surface area (Å²) in [4.78, 5) is 9.11. The first-order chi connectivity index (χ1) is 10.1. The fourth-order valence-corrected chi connectivity index (χ4v) is 3.02. The molecular weight excluding hydrogens is 384 g/mol. The Hall–Kier alpha value is -1.44. The van der Waals surface area contributed by atoms with E-state index in [1.165, 1.54) is 12.1 Å². The number of phenols is 1. The van der Waals surface area contributed by atoms with Gasteiger partial charge in [-0.3, -0.25) is 0 Å². The van der Waals surface area contributed by atoms with E-state index in [0.29, 0.717) is 17.3 Å². The molecule has 1 aromatic carbocycles. The van der Waals surface area contributed by atoms with Gasteiger partial charge in [-0.05, 0) is 60.6 Å². The summed E-state index contributed by atoms with van der Waals surface area (Å²) in [6.45, 7) is 2.77. The van der Waals surface area contributed by atoms with Crippen LogP contribution in [0.1, 0.15) is 31.4 Å². The van der Waals surface area contributed by atoms with Gasteiger partial charge in [0.1, 0.15) is 5.82 Å². The maximum atomic E-state index is 13.5. The van der Waals surface area contributed by atoms with Crippen molar-refractivity contribution in [1.29, 1.82) is 0 Å². The van der Waals surface area contributed by atoms with Gasteiger partial charge in [0.2, 0.25) is 0 Å². The Morgan fingerprint density at radius 3 is 2.76 bits per heavy atom. The van der Waals surface area contributed by atoms with Crippen LogP contribution in [0.25, 0.3) is 11.4 Å². The lowest BCUT2D eigenvalue weighted by molar-refractivity contribution is 0.432. The summed E-state index contributed by atoms with van der Waals surface area (Å²) in [6.07, 6.45) is 2.28. The summed E-state index contributed by atoms with van der Waals surface area (Å²) in [5.74, 6) is 0.745. The molecule has 1 aromatic heterocycles. The summed E-state index contributed by atoms with van der Waals surface area (Å²) in [7, 11) is 0. The summed E-state index contributed by atoms with van der Waals surface area (Å²) >= 11 is 2.27. The number of rotatable bonds is 4. The number of hydrogen-bond acceptors (Lipinski definition) is 4. The second-order valence-corrected chi connectivity index (χ2v) is 6.14. The van der Waals surface area contributed by atoms with Crippen LogP contribution in [0, 0.1) is 9.39 Å². The molecule has 1 heterocycles. The molecule has 0 spiro atoms. The molecule has 0 unspecified atom stereocenters. The van der Waals surface area contributed by atoms with Crippen molar-refractivity contribution in [2.75, 3.05) is 11.9 Å². The highest BCUT2D eigenvalue weighted by molar-refractivity contribution is 14.1. The fourth-order valence-electron chi connectivity index (χ4n) is 2.15.